The monoisotopic (exact) mass is 383 g/mol. The third kappa shape index (κ3) is 5.23. The number of methoxy groups -OCH3 is 1. The van der Waals surface area contributed by atoms with Crippen molar-refractivity contribution in [1.29, 1.82) is 0 Å². The van der Waals surface area contributed by atoms with Gasteiger partial charge in [-0.3, -0.25) is 4.79 Å². The Bertz CT molecular complexity index is 801. The summed E-state index contributed by atoms with van der Waals surface area (Å²) in [6, 6.07) is 9.62. The van der Waals surface area contributed by atoms with E-state index in [1.165, 1.54) is 0 Å². The molecular formula is C22H29N3O3. The molecule has 0 aliphatic carbocycles. The molecule has 6 heteroatoms. The first-order valence-corrected chi connectivity index (χ1v) is 9.83. The van der Waals surface area contributed by atoms with E-state index < -0.39 is 0 Å². The summed E-state index contributed by atoms with van der Waals surface area (Å²) in [4.78, 5) is 17.2. The Kier molecular flexibility index (Phi) is 6.87. The zero-order chi connectivity index (χ0) is 19.9. The number of anilines is 2. The molecule has 0 saturated carbocycles. The van der Waals surface area contributed by atoms with Gasteiger partial charge in [0, 0.05) is 37.7 Å². The number of pyridine rings is 1. The lowest BCUT2D eigenvalue weighted by Crippen LogP contribution is -2.32. The lowest BCUT2D eigenvalue weighted by molar-refractivity contribution is 0.0642. The Balaban J connectivity index is 1.71. The second-order valence-corrected chi connectivity index (χ2v) is 7.43. The SMILES string of the molecule is COc1cccc(Nc2cc(C(C)C)c(C(=O)NCC3CCOCC3)cn2)c1. The summed E-state index contributed by atoms with van der Waals surface area (Å²) < 4.78 is 10.6. The van der Waals surface area contributed by atoms with Crippen LogP contribution >= 0.6 is 0 Å². The predicted molar refractivity (Wildman–Crippen MR) is 110 cm³/mol. The molecule has 3 rings (SSSR count). The molecule has 1 amide bonds. The van der Waals surface area contributed by atoms with Gasteiger partial charge >= 0.3 is 0 Å². The normalized spacial score (nSPS) is 14.7. The van der Waals surface area contributed by atoms with Crippen molar-refractivity contribution < 1.29 is 14.3 Å². The van der Waals surface area contributed by atoms with Gasteiger partial charge < -0.3 is 20.1 Å². The summed E-state index contributed by atoms with van der Waals surface area (Å²) in [6.45, 7) is 6.41. The van der Waals surface area contributed by atoms with Gasteiger partial charge in [-0.2, -0.15) is 0 Å². The highest BCUT2D eigenvalue weighted by Gasteiger charge is 2.19. The molecule has 1 saturated heterocycles. The van der Waals surface area contributed by atoms with Crippen LogP contribution in [0.3, 0.4) is 0 Å². The topological polar surface area (TPSA) is 72.5 Å². The van der Waals surface area contributed by atoms with Crippen LogP contribution in [0.25, 0.3) is 0 Å². The summed E-state index contributed by atoms with van der Waals surface area (Å²) in [6.07, 6.45) is 3.66. The third-order valence-electron chi connectivity index (χ3n) is 5.04. The highest BCUT2D eigenvalue weighted by Crippen LogP contribution is 2.25. The van der Waals surface area contributed by atoms with Crippen LogP contribution in [-0.2, 0) is 4.74 Å². The molecule has 1 aliphatic heterocycles. The number of amides is 1. The van der Waals surface area contributed by atoms with Gasteiger partial charge in [-0.25, -0.2) is 4.98 Å². The van der Waals surface area contributed by atoms with Crippen LogP contribution in [0.1, 0.15) is 48.5 Å². The first-order chi connectivity index (χ1) is 13.6. The standard InChI is InChI=1S/C22H29N3O3/c1-15(2)19-12-21(25-17-5-4-6-18(11-17)27-3)23-14-20(19)22(26)24-13-16-7-9-28-10-8-16/h4-6,11-12,14-16H,7-10,13H2,1-3H3,(H,23,25)(H,24,26). The highest BCUT2D eigenvalue weighted by molar-refractivity contribution is 5.95. The zero-order valence-corrected chi connectivity index (χ0v) is 16.8. The van der Waals surface area contributed by atoms with Gasteiger partial charge in [-0.15, -0.1) is 0 Å². The molecule has 1 fully saturated rings. The summed E-state index contributed by atoms with van der Waals surface area (Å²) in [5.74, 6) is 2.12. The van der Waals surface area contributed by atoms with Gasteiger partial charge in [0.25, 0.3) is 5.91 Å². The van der Waals surface area contributed by atoms with Crippen molar-refractivity contribution in [2.24, 2.45) is 5.92 Å². The highest BCUT2D eigenvalue weighted by atomic mass is 16.5. The van der Waals surface area contributed by atoms with Crippen molar-refractivity contribution >= 4 is 17.4 Å². The maximum absolute atomic E-state index is 12.7. The molecule has 0 spiro atoms. The van der Waals surface area contributed by atoms with E-state index in [0.717, 1.165) is 43.1 Å². The Morgan fingerprint density at radius 2 is 2.07 bits per heavy atom. The summed E-state index contributed by atoms with van der Waals surface area (Å²) in [7, 11) is 1.64. The summed E-state index contributed by atoms with van der Waals surface area (Å²) in [5.41, 5.74) is 2.50. The quantitative estimate of drug-likeness (QED) is 0.753. The van der Waals surface area contributed by atoms with Crippen molar-refractivity contribution in [3.63, 3.8) is 0 Å². The molecule has 28 heavy (non-hydrogen) atoms. The van der Waals surface area contributed by atoms with E-state index >= 15 is 0 Å². The largest absolute Gasteiger partial charge is 0.497 e. The van der Waals surface area contributed by atoms with Crippen LogP contribution in [0, 0.1) is 5.92 Å². The molecule has 0 radical (unpaired) electrons. The molecule has 0 unspecified atom stereocenters. The summed E-state index contributed by atoms with van der Waals surface area (Å²) >= 11 is 0. The van der Waals surface area contributed by atoms with Crippen LogP contribution < -0.4 is 15.4 Å². The maximum atomic E-state index is 12.7. The molecule has 1 aromatic carbocycles. The van der Waals surface area contributed by atoms with Crippen LogP contribution in [0.15, 0.2) is 36.5 Å². The molecule has 150 valence electrons. The van der Waals surface area contributed by atoms with Gasteiger partial charge in [-0.05, 0) is 48.4 Å². The van der Waals surface area contributed by atoms with Crippen molar-refractivity contribution in [2.45, 2.75) is 32.6 Å². The Labute approximate surface area is 166 Å². The van der Waals surface area contributed by atoms with Crippen molar-refractivity contribution in [1.82, 2.24) is 10.3 Å². The van der Waals surface area contributed by atoms with Crippen molar-refractivity contribution in [2.75, 3.05) is 32.2 Å². The molecule has 2 N–H and O–H groups in total. The number of carbonyl (C=O) groups is 1. The Hall–Kier alpha value is -2.60. The lowest BCUT2D eigenvalue weighted by Gasteiger charge is -2.22. The van der Waals surface area contributed by atoms with Crippen LogP contribution in [0.5, 0.6) is 5.75 Å². The number of nitrogens with zero attached hydrogens (tertiary/aromatic N) is 1. The van der Waals surface area contributed by atoms with E-state index in [-0.39, 0.29) is 11.8 Å². The average Bonchev–Trinajstić information content (AvgIpc) is 2.72. The Morgan fingerprint density at radius 1 is 1.29 bits per heavy atom. The minimum atomic E-state index is -0.0596. The third-order valence-corrected chi connectivity index (χ3v) is 5.04. The van der Waals surface area contributed by atoms with Gasteiger partial charge in [0.05, 0.1) is 12.7 Å². The van der Waals surface area contributed by atoms with E-state index in [9.17, 15) is 4.79 Å². The van der Waals surface area contributed by atoms with Crippen molar-refractivity contribution in [3.05, 3.63) is 47.7 Å². The molecule has 2 aromatic rings. The molecule has 1 aliphatic rings. The molecule has 1 aromatic heterocycles. The van der Waals surface area contributed by atoms with Crippen LogP contribution in [0.4, 0.5) is 11.5 Å². The number of ether oxygens (including phenoxy) is 2. The maximum Gasteiger partial charge on any atom is 0.253 e. The second kappa shape index (κ2) is 9.55. The van der Waals surface area contributed by atoms with Gasteiger partial charge in [-0.1, -0.05) is 19.9 Å². The van der Waals surface area contributed by atoms with E-state index in [4.69, 9.17) is 9.47 Å². The fourth-order valence-electron chi connectivity index (χ4n) is 3.34. The smallest absolute Gasteiger partial charge is 0.253 e. The van der Waals surface area contributed by atoms with Gasteiger partial charge in [0.15, 0.2) is 0 Å². The Morgan fingerprint density at radius 3 is 2.79 bits per heavy atom. The number of nitrogens with one attached hydrogen (secondary N) is 2. The van der Waals surface area contributed by atoms with E-state index in [2.05, 4.69) is 29.5 Å². The van der Waals surface area contributed by atoms with Crippen LogP contribution in [0.2, 0.25) is 0 Å². The minimum Gasteiger partial charge on any atom is -0.497 e. The van der Waals surface area contributed by atoms with Crippen LogP contribution in [-0.4, -0.2) is 37.8 Å². The van der Waals surface area contributed by atoms with E-state index in [1.54, 1.807) is 13.3 Å². The molecular weight excluding hydrogens is 354 g/mol. The average molecular weight is 383 g/mol. The number of aromatic nitrogens is 1. The first kappa shape index (κ1) is 20.1. The summed E-state index contributed by atoms with van der Waals surface area (Å²) in [5, 5.41) is 6.36. The van der Waals surface area contributed by atoms with Crippen molar-refractivity contribution in [3.8, 4) is 5.75 Å². The number of benzene rings is 1. The molecule has 2 heterocycles. The number of hydrogen-bond acceptors (Lipinski definition) is 5. The van der Waals surface area contributed by atoms with E-state index in [0.29, 0.717) is 23.8 Å². The predicted octanol–water partition coefficient (Wildman–Crippen LogP) is 4.11. The zero-order valence-electron chi connectivity index (χ0n) is 16.8. The molecule has 0 atom stereocenters. The first-order valence-electron chi connectivity index (χ1n) is 9.83. The molecule has 6 nitrogen and oxygen atoms in total. The van der Waals surface area contributed by atoms with Gasteiger partial charge in [0.2, 0.25) is 0 Å². The van der Waals surface area contributed by atoms with Gasteiger partial charge in [0.1, 0.15) is 11.6 Å². The lowest BCUT2D eigenvalue weighted by atomic mass is 9.97. The number of hydrogen-bond donors (Lipinski definition) is 2. The second-order valence-electron chi connectivity index (χ2n) is 7.43. The number of carbonyl (C=O) groups excluding carboxylic acids is 1. The number of rotatable bonds is 7. The fraction of sp³-hybridized carbons (Fsp3) is 0.455. The molecule has 0 bridgehead atoms. The van der Waals surface area contributed by atoms with E-state index in [1.807, 2.05) is 30.3 Å². The minimum absolute atomic E-state index is 0.0596. The fourth-order valence-corrected chi connectivity index (χ4v) is 3.34.